The summed E-state index contributed by atoms with van der Waals surface area (Å²) in [5.74, 6) is -5.47. The van der Waals surface area contributed by atoms with Crippen LogP contribution in [0.25, 0.3) is 0 Å². The molecule has 7 rings (SSSR count). The minimum atomic E-state index is -2.58. The van der Waals surface area contributed by atoms with E-state index in [0.29, 0.717) is 22.3 Å². The molecule has 14 nitrogen and oxygen atoms in total. The molecule has 2 saturated carbocycles. The zero-order valence-corrected chi connectivity index (χ0v) is 42.2. The predicted octanol–water partition coefficient (Wildman–Crippen LogP) is 7.80. The number of amides is 2. The minimum Gasteiger partial charge on any atom is -0.457 e. The Bertz CT molecular complexity index is 2530. The molecule has 3 N–H and O–H groups in total. The van der Waals surface area contributed by atoms with E-state index in [1.165, 1.54) is 19.9 Å². The Hall–Kier alpha value is -5.45. The van der Waals surface area contributed by atoms with Gasteiger partial charge >= 0.3 is 17.9 Å². The van der Waals surface area contributed by atoms with Crippen LogP contribution in [0, 0.1) is 16.7 Å². The van der Waals surface area contributed by atoms with E-state index in [4.69, 9.17) is 35.0 Å². The van der Waals surface area contributed by atoms with Crippen LogP contribution < -0.4 is 10.6 Å². The summed E-state index contributed by atoms with van der Waals surface area (Å²) >= 11 is 6.44. The number of esters is 3. The van der Waals surface area contributed by atoms with Crippen LogP contribution in [-0.4, -0.2) is 97.7 Å². The molecule has 0 aromatic heterocycles. The largest absolute Gasteiger partial charge is 0.457 e. The molecule has 3 aromatic carbocycles. The van der Waals surface area contributed by atoms with Crippen LogP contribution in [0.3, 0.4) is 0 Å². The Labute approximate surface area is 409 Å². The Morgan fingerprint density at radius 2 is 1.52 bits per heavy atom. The first-order chi connectivity index (χ1) is 32.7. The average Bonchev–Trinajstić information content (AvgIpc) is 3.59. The standard InChI is InChI=1S/C53H63ClN2O12Si/c1-10-69(11-2,12-3)68-39-27-40-53(29-64-40,67-33(8)58)45-47(66-50(63)36-24-19-25-37(54)26-36)52(30(4)5)28-38(31(6)41(52)44(65-32(7)57)46(60)51(39,45)9)55-49(62)43(59)42(34-20-15-13-16-21-34)56-48(61)35-22-17-14-18-23-35/h13-26,38-40,42-45,47,59H,4,10-12,27-29H2,1-3,5-9H3,(H,55,62)(H,56,61)/t38-,39-,40+,42-,43+,44+,45-,47-,51+,52-,53-/m0/s1. The van der Waals surface area contributed by atoms with Gasteiger partial charge in [0, 0.05) is 30.9 Å². The number of ether oxygens (including phenoxy) is 4. The van der Waals surface area contributed by atoms with Crippen molar-refractivity contribution >= 4 is 55.4 Å². The van der Waals surface area contributed by atoms with E-state index in [0.717, 1.165) is 18.1 Å². The molecule has 1 heterocycles. The number of carbonyl (C=O) groups excluding carboxylic acids is 6. The van der Waals surface area contributed by atoms with Gasteiger partial charge in [-0.3, -0.25) is 24.0 Å². The second-order valence-electron chi connectivity index (χ2n) is 19.2. The van der Waals surface area contributed by atoms with Crippen LogP contribution in [0.5, 0.6) is 0 Å². The molecule has 1 saturated heterocycles. The summed E-state index contributed by atoms with van der Waals surface area (Å²) in [6, 6.07) is 23.1. The quantitative estimate of drug-likeness (QED) is 0.0547. The van der Waals surface area contributed by atoms with Gasteiger partial charge < -0.3 is 39.1 Å². The van der Waals surface area contributed by atoms with Gasteiger partial charge in [0.2, 0.25) is 0 Å². The third-order valence-corrected chi connectivity index (χ3v) is 20.4. The van der Waals surface area contributed by atoms with Gasteiger partial charge in [-0.15, -0.1) is 0 Å². The van der Waals surface area contributed by atoms with Crippen molar-refractivity contribution in [2.75, 3.05) is 6.61 Å². The maximum absolute atomic E-state index is 16.3. The fraction of sp³-hybridized carbons (Fsp3) is 0.472. The fourth-order valence-corrected chi connectivity index (χ4v) is 14.8. The summed E-state index contributed by atoms with van der Waals surface area (Å²) in [6.45, 7) is 18.1. The van der Waals surface area contributed by atoms with Gasteiger partial charge in [-0.1, -0.05) is 99.1 Å². The van der Waals surface area contributed by atoms with E-state index in [-0.39, 0.29) is 35.6 Å². The van der Waals surface area contributed by atoms with Crippen LogP contribution in [0.1, 0.15) is 101 Å². The lowest BCUT2D eigenvalue weighted by molar-refractivity contribution is -0.331. The number of carbonyl (C=O) groups is 6. The Morgan fingerprint density at radius 1 is 0.899 bits per heavy atom. The number of benzene rings is 3. The smallest absolute Gasteiger partial charge is 0.338 e. The highest BCUT2D eigenvalue weighted by atomic mass is 35.5. The van der Waals surface area contributed by atoms with E-state index in [1.54, 1.807) is 99.6 Å². The molecule has 0 bridgehead atoms. The van der Waals surface area contributed by atoms with Crippen molar-refractivity contribution in [1.29, 1.82) is 0 Å². The molecule has 368 valence electrons. The van der Waals surface area contributed by atoms with Crippen molar-refractivity contribution in [2.24, 2.45) is 16.7 Å². The molecule has 0 unspecified atom stereocenters. The van der Waals surface area contributed by atoms with Gasteiger partial charge in [-0.25, -0.2) is 4.79 Å². The van der Waals surface area contributed by atoms with Crippen LogP contribution in [0.4, 0.5) is 0 Å². The van der Waals surface area contributed by atoms with Crippen molar-refractivity contribution in [3.05, 3.63) is 130 Å². The lowest BCUT2D eigenvalue weighted by Gasteiger charge is -2.64. The number of nitrogens with one attached hydrogen (secondary N) is 2. The third kappa shape index (κ3) is 9.12. The molecule has 3 fully saturated rings. The fourth-order valence-electron chi connectivity index (χ4n) is 11.7. The molecule has 3 aliphatic carbocycles. The number of hydrogen-bond donors (Lipinski definition) is 3. The van der Waals surface area contributed by atoms with Crippen LogP contribution in [0.2, 0.25) is 23.2 Å². The van der Waals surface area contributed by atoms with Crippen molar-refractivity contribution in [2.45, 2.75) is 135 Å². The summed E-state index contributed by atoms with van der Waals surface area (Å²) in [6.07, 6.45) is -6.62. The van der Waals surface area contributed by atoms with E-state index in [2.05, 4.69) is 38.0 Å². The highest BCUT2D eigenvalue weighted by molar-refractivity contribution is 6.73. The molecular formula is C53H63ClN2O12Si. The van der Waals surface area contributed by atoms with Crippen molar-refractivity contribution < 1.29 is 57.2 Å². The summed E-state index contributed by atoms with van der Waals surface area (Å²) in [7, 11) is -2.58. The number of aliphatic hydroxyl groups excluding tert-OH is 1. The lowest BCUT2D eigenvalue weighted by atomic mass is 9.50. The molecule has 0 spiro atoms. The molecule has 1 aliphatic heterocycles. The van der Waals surface area contributed by atoms with Gasteiger partial charge in [0.25, 0.3) is 11.8 Å². The van der Waals surface area contributed by atoms with Gasteiger partial charge in [-0.05, 0) is 92.4 Å². The molecule has 4 aliphatic rings. The first-order valence-electron chi connectivity index (χ1n) is 23.7. The van der Waals surface area contributed by atoms with Crippen LogP contribution >= 0.6 is 11.6 Å². The number of ketones is 1. The summed E-state index contributed by atoms with van der Waals surface area (Å²) in [5.41, 5.74) is -3.07. The topological polar surface area (TPSA) is 193 Å². The van der Waals surface area contributed by atoms with E-state index >= 15 is 4.79 Å². The van der Waals surface area contributed by atoms with E-state index < -0.39 is 109 Å². The highest BCUT2D eigenvalue weighted by Crippen LogP contribution is 2.67. The van der Waals surface area contributed by atoms with Crippen molar-refractivity contribution in [3.63, 3.8) is 0 Å². The first-order valence-corrected chi connectivity index (χ1v) is 26.6. The Balaban J connectivity index is 1.43. The highest BCUT2D eigenvalue weighted by Gasteiger charge is 2.78. The molecule has 11 atom stereocenters. The van der Waals surface area contributed by atoms with Gasteiger partial charge in [0.05, 0.1) is 47.1 Å². The monoisotopic (exact) mass is 982 g/mol. The normalized spacial score (nSPS) is 29.1. The number of aliphatic hydroxyl groups is 1. The second-order valence-corrected chi connectivity index (χ2v) is 24.3. The minimum absolute atomic E-state index is 0.0897. The zero-order chi connectivity index (χ0) is 50.2. The molecule has 0 radical (unpaired) electrons. The molecule has 69 heavy (non-hydrogen) atoms. The Kier molecular flexibility index (Phi) is 15.0. The van der Waals surface area contributed by atoms with Crippen LogP contribution in [-0.2, 0) is 42.6 Å². The molecule has 16 heteroatoms. The van der Waals surface area contributed by atoms with Crippen LogP contribution in [0.15, 0.2) is 108 Å². The first kappa shape index (κ1) is 51.4. The molecule has 3 aromatic rings. The number of hydrogen-bond acceptors (Lipinski definition) is 12. The SMILES string of the molecule is C=C(C)[C@@]12C[C@H](NC(=O)[C@H](O)[C@@H](NC(=O)c3ccccc3)c3ccccc3)C(C)=C1[C@@H](OC(C)=O)C(=O)[C@]1(C)[C@@H](O[Si](CC)(CC)CC)C[C@H]3OC[C@@]3(OC(C)=O)[C@H]1[C@@H]2OC(=O)c1cccc(Cl)c1. The maximum Gasteiger partial charge on any atom is 0.338 e. The summed E-state index contributed by atoms with van der Waals surface area (Å²) in [4.78, 5) is 86.2. The number of Topliss-reactive ketones (excluding diaryl/α,β-unsaturated/α-hetero) is 1. The summed E-state index contributed by atoms with van der Waals surface area (Å²) in [5, 5.41) is 18.1. The molecule has 2 amide bonds. The number of fused-ring (bicyclic) bond motifs is 4. The number of halogens is 1. The maximum atomic E-state index is 16.3. The van der Waals surface area contributed by atoms with Gasteiger partial charge in [-0.2, -0.15) is 0 Å². The zero-order valence-electron chi connectivity index (χ0n) is 40.5. The molecular weight excluding hydrogens is 920 g/mol. The lowest BCUT2D eigenvalue weighted by Crippen LogP contribution is -2.78. The van der Waals surface area contributed by atoms with E-state index in [9.17, 15) is 29.1 Å². The van der Waals surface area contributed by atoms with Gasteiger partial charge in [0.1, 0.15) is 12.2 Å². The second kappa shape index (κ2) is 20.1. The number of rotatable bonds is 16. The van der Waals surface area contributed by atoms with Gasteiger partial charge in [0.15, 0.2) is 31.9 Å². The average molecular weight is 984 g/mol. The predicted molar refractivity (Wildman–Crippen MR) is 259 cm³/mol. The summed E-state index contributed by atoms with van der Waals surface area (Å²) < 4.78 is 33.1. The van der Waals surface area contributed by atoms with E-state index in [1.807, 2.05) is 0 Å². The Morgan fingerprint density at radius 3 is 2.07 bits per heavy atom. The third-order valence-electron chi connectivity index (χ3n) is 15.5. The van der Waals surface area contributed by atoms with Crippen molar-refractivity contribution in [1.82, 2.24) is 10.6 Å². The van der Waals surface area contributed by atoms with Crippen molar-refractivity contribution in [3.8, 4) is 0 Å².